The predicted octanol–water partition coefficient (Wildman–Crippen LogP) is -0.0180. The maximum absolute atomic E-state index is 5.60. The summed E-state index contributed by atoms with van der Waals surface area (Å²) in [7, 11) is 0. The molecule has 4 unspecified atom stereocenters. The van der Waals surface area contributed by atoms with Crippen molar-refractivity contribution in [2.24, 2.45) is 22.9 Å². The van der Waals surface area contributed by atoms with Crippen LogP contribution in [0.4, 0.5) is 0 Å². The van der Waals surface area contributed by atoms with Crippen molar-refractivity contribution in [2.45, 2.75) is 49.9 Å². The van der Waals surface area contributed by atoms with Crippen molar-refractivity contribution in [1.82, 2.24) is 0 Å². The van der Waals surface area contributed by atoms with Crippen molar-refractivity contribution < 1.29 is 0 Å². The van der Waals surface area contributed by atoms with Gasteiger partial charge < -0.3 is 22.9 Å². The van der Waals surface area contributed by atoms with Gasteiger partial charge in [-0.3, -0.25) is 0 Å². The minimum absolute atomic E-state index is 0.194. The van der Waals surface area contributed by atoms with E-state index >= 15 is 0 Å². The maximum Gasteiger partial charge on any atom is 0.0230 e. The Bertz CT molecular complexity index is 199. The molecule has 0 aromatic heterocycles. The van der Waals surface area contributed by atoms with Crippen LogP contribution in [0.5, 0.6) is 0 Å². The second-order valence-electron chi connectivity index (χ2n) is 4.54. The van der Waals surface area contributed by atoms with Crippen molar-refractivity contribution in [2.75, 3.05) is 0 Å². The summed E-state index contributed by atoms with van der Waals surface area (Å²) in [5.41, 5.74) is 22.4. The van der Waals surface area contributed by atoms with Crippen LogP contribution in [0.3, 0.4) is 0 Å². The normalized spacial score (nSPS) is 37.8. The van der Waals surface area contributed by atoms with Crippen LogP contribution < -0.4 is 22.9 Å². The number of hydrogen-bond acceptors (Lipinski definition) is 4. The molecule has 4 nitrogen and oxygen atoms in total. The van der Waals surface area contributed by atoms with Crippen molar-refractivity contribution in [3.05, 3.63) is 24.3 Å². The summed E-state index contributed by atoms with van der Waals surface area (Å²) in [5.74, 6) is 0. The van der Waals surface area contributed by atoms with Crippen LogP contribution in [0.15, 0.2) is 24.3 Å². The van der Waals surface area contributed by atoms with Crippen LogP contribution in [0, 0.1) is 0 Å². The second-order valence-corrected chi connectivity index (χ2v) is 4.54. The molecular formula is C12H24N4. The lowest BCUT2D eigenvalue weighted by Crippen LogP contribution is -2.41. The molecule has 16 heavy (non-hydrogen) atoms. The van der Waals surface area contributed by atoms with Gasteiger partial charge in [-0.2, -0.15) is 0 Å². The van der Waals surface area contributed by atoms with Crippen molar-refractivity contribution in [3.63, 3.8) is 0 Å². The molecule has 2 rings (SSSR count). The smallest absolute Gasteiger partial charge is 0.0230 e. The fraction of sp³-hybridized carbons (Fsp3) is 0.667. The van der Waals surface area contributed by atoms with E-state index < -0.39 is 0 Å². The average molecular weight is 224 g/mol. The zero-order valence-electron chi connectivity index (χ0n) is 9.76. The number of hydrogen-bond donors (Lipinski definition) is 4. The van der Waals surface area contributed by atoms with Crippen molar-refractivity contribution in [3.8, 4) is 0 Å². The average Bonchev–Trinajstić information content (AvgIpc) is 2.28. The van der Waals surface area contributed by atoms with Gasteiger partial charge in [0, 0.05) is 24.2 Å². The van der Waals surface area contributed by atoms with E-state index in [1.165, 1.54) is 0 Å². The van der Waals surface area contributed by atoms with Crippen LogP contribution in [0.25, 0.3) is 0 Å². The minimum Gasteiger partial charge on any atom is -0.326 e. The van der Waals surface area contributed by atoms with Gasteiger partial charge in [0.1, 0.15) is 0 Å². The van der Waals surface area contributed by atoms with E-state index in [1.807, 2.05) is 0 Å². The Labute approximate surface area is 97.7 Å². The summed E-state index contributed by atoms with van der Waals surface area (Å²) in [5, 5.41) is 0. The fourth-order valence-electron chi connectivity index (χ4n) is 1.71. The second kappa shape index (κ2) is 6.81. The summed E-state index contributed by atoms with van der Waals surface area (Å²) in [4.78, 5) is 0. The molecule has 8 N–H and O–H groups in total. The lowest BCUT2D eigenvalue weighted by atomic mass is 9.98. The first-order valence-electron chi connectivity index (χ1n) is 5.93. The standard InChI is InChI=1S/2C6H12N2/c2*7-5-3-1-2-4-6(5)8/h2*1-2,5-6H,3-4,7-8H2. The molecule has 0 spiro atoms. The van der Waals surface area contributed by atoms with Gasteiger partial charge in [0.15, 0.2) is 0 Å². The lowest BCUT2D eigenvalue weighted by Gasteiger charge is -2.19. The third kappa shape index (κ3) is 4.45. The number of rotatable bonds is 0. The molecule has 0 bridgehead atoms. The lowest BCUT2D eigenvalue weighted by molar-refractivity contribution is 0.516. The largest absolute Gasteiger partial charge is 0.326 e. The van der Waals surface area contributed by atoms with Gasteiger partial charge in [-0.25, -0.2) is 0 Å². The van der Waals surface area contributed by atoms with Crippen LogP contribution in [-0.4, -0.2) is 24.2 Å². The first-order chi connectivity index (χ1) is 7.61. The first-order valence-corrected chi connectivity index (χ1v) is 5.93. The Balaban J connectivity index is 0.000000160. The van der Waals surface area contributed by atoms with E-state index in [2.05, 4.69) is 24.3 Å². The quantitative estimate of drug-likeness (QED) is 0.434. The van der Waals surface area contributed by atoms with Crippen LogP contribution in [0.2, 0.25) is 0 Å². The van der Waals surface area contributed by atoms with E-state index in [9.17, 15) is 0 Å². The Morgan fingerprint density at radius 2 is 0.688 bits per heavy atom. The van der Waals surface area contributed by atoms with E-state index in [1.54, 1.807) is 0 Å². The molecular weight excluding hydrogens is 200 g/mol. The van der Waals surface area contributed by atoms with Gasteiger partial charge in [0.25, 0.3) is 0 Å². The van der Waals surface area contributed by atoms with E-state index in [0.717, 1.165) is 25.7 Å². The monoisotopic (exact) mass is 224 g/mol. The molecule has 0 saturated carbocycles. The van der Waals surface area contributed by atoms with Gasteiger partial charge in [-0.05, 0) is 25.7 Å². The van der Waals surface area contributed by atoms with E-state index in [4.69, 9.17) is 22.9 Å². The van der Waals surface area contributed by atoms with E-state index in [-0.39, 0.29) is 24.2 Å². The molecule has 2 aliphatic carbocycles. The fourth-order valence-corrected chi connectivity index (χ4v) is 1.71. The predicted molar refractivity (Wildman–Crippen MR) is 68.6 cm³/mol. The van der Waals surface area contributed by atoms with Crippen LogP contribution in [-0.2, 0) is 0 Å². The highest BCUT2D eigenvalue weighted by Gasteiger charge is 2.13. The van der Waals surface area contributed by atoms with Crippen molar-refractivity contribution >= 4 is 0 Å². The Hall–Kier alpha value is -0.680. The van der Waals surface area contributed by atoms with Gasteiger partial charge in [0.2, 0.25) is 0 Å². The highest BCUT2D eigenvalue weighted by Crippen LogP contribution is 2.07. The molecule has 92 valence electrons. The Morgan fingerprint density at radius 3 is 0.812 bits per heavy atom. The number of nitrogens with two attached hydrogens (primary N) is 4. The van der Waals surface area contributed by atoms with Gasteiger partial charge >= 0.3 is 0 Å². The van der Waals surface area contributed by atoms with Crippen LogP contribution >= 0.6 is 0 Å². The SMILES string of the molecule is NC1CC=CCC1N.NC1CC=CCC1N. The van der Waals surface area contributed by atoms with E-state index in [0.29, 0.717) is 0 Å². The van der Waals surface area contributed by atoms with Gasteiger partial charge in [-0.1, -0.05) is 24.3 Å². The third-order valence-corrected chi connectivity index (χ3v) is 3.07. The molecule has 4 heteroatoms. The molecule has 0 fully saturated rings. The minimum atomic E-state index is 0.194. The Kier molecular flexibility index (Phi) is 5.69. The topological polar surface area (TPSA) is 104 Å². The molecule has 0 aliphatic heterocycles. The Morgan fingerprint density at radius 1 is 0.500 bits per heavy atom. The summed E-state index contributed by atoms with van der Waals surface area (Å²) >= 11 is 0. The molecule has 4 atom stereocenters. The summed E-state index contributed by atoms with van der Waals surface area (Å²) < 4.78 is 0. The molecule has 0 radical (unpaired) electrons. The van der Waals surface area contributed by atoms with Crippen molar-refractivity contribution in [1.29, 1.82) is 0 Å². The highest BCUT2D eigenvalue weighted by molar-refractivity contribution is 4.98. The zero-order valence-corrected chi connectivity index (χ0v) is 9.76. The van der Waals surface area contributed by atoms with Crippen LogP contribution in [0.1, 0.15) is 25.7 Å². The first kappa shape index (κ1) is 13.4. The molecule has 0 aromatic rings. The zero-order chi connectivity index (χ0) is 12.0. The molecule has 0 amide bonds. The molecule has 2 aliphatic rings. The summed E-state index contributed by atoms with van der Waals surface area (Å²) in [6.07, 6.45) is 12.1. The third-order valence-electron chi connectivity index (χ3n) is 3.07. The van der Waals surface area contributed by atoms with Gasteiger partial charge in [0.05, 0.1) is 0 Å². The summed E-state index contributed by atoms with van der Waals surface area (Å²) in [6.45, 7) is 0. The van der Waals surface area contributed by atoms with Gasteiger partial charge in [-0.15, -0.1) is 0 Å². The maximum atomic E-state index is 5.60. The molecule has 0 saturated heterocycles. The summed E-state index contributed by atoms with van der Waals surface area (Å²) in [6, 6.07) is 0.778. The molecule has 0 aromatic carbocycles. The molecule has 0 heterocycles. The highest BCUT2D eigenvalue weighted by atomic mass is 14.8.